The highest BCUT2D eigenvalue weighted by atomic mass is 35.5. The lowest BCUT2D eigenvalue weighted by Gasteiger charge is -2.13. The van der Waals surface area contributed by atoms with Crippen LogP contribution in [-0.2, 0) is 0 Å². The van der Waals surface area contributed by atoms with Crippen molar-refractivity contribution >= 4 is 23.2 Å². The van der Waals surface area contributed by atoms with Crippen LogP contribution in [0.15, 0.2) is 36.7 Å². The van der Waals surface area contributed by atoms with Gasteiger partial charge in [-0.15, -0.1) is 5.10 Å². The number of nitrogens with zero attached hydrogens (tertiary/aromatic N) is 4. The molecule has 0 saturated carbocycles. The van der Waals surface area contributed by atoms with Gasteiger partial charge in [0, 0.05) is 11.8 Å². The highest BCUT2D eigenvalue weighted by Crippen LogP contribution is 2.30. The number of benzene rings is 2. The second-order valence-electron chi connectivity index (χ2n) is 5.59. The largest absolute Gasteiger partial charge is 0.496 e. The lowest BCUT2D eigenvalue weighted by molar-refractivity contribution is 0.102. The van der Waals surface area contributed by atoms with E-state index in [0.717, 1.165) is 11.1 Å². The minimum atomic E-state index is -0.313. The van der Waals surface area contributed by atoms with Crippen LogP contribution in [0.25, 0.3) is 5.69 Å². The number of carbonyl (C=O) groups excluding carboxylic acids is 1. The van der Waals surface area contributed by atoms with Gasteiger partial charge in [0.1, 0.15) is 12.1 Å². The molecular weight excluding hydrogens is 342 g/mol. The highest BCUT2D eigenvalue weighted by Gasteiger charge is 2.17. The second kappa shape index (κ2) is 6.90. The van der Waals surface area contributed by atoms with Gasteiger partial charge >= 0.3 is 0 Å². The molecule has 25 heavy (non-hydrogen) atoms. The van der Waals surface area contributed by atoms with Crippen molar-refractivity contribution < 1.29 is 9.53 Å². The number of rotatable bonds is 4. The van der Waals surface area contributed by atoms with E-state index in [4.69, 9.17) is 16.3 Å². The molecule has 0 aliphatic heterocycles. The third kappa shape index (κ3) is 3.61. The number of carbonyl (C=O) groups is 1. The minimum absolute atomic E-state index is 0.313. The fourth-order valence-electron chi connectivity index (χ4n) is 2.58. The Morgan fingerprint density at radius 3 is 2.48 bits per heavy atom. The molecule has 0 saturated heterocycles. The third-order valence-electron chi connectivity index (χ3n) is 3.59. The van der Waals surface area contributed by atoms with Crippen LogP contribution < -0.4 is 10.1 Å². The lowest BCUT2D eigenvalue weighted by Crippen LogP contribution is -2.14. The van der Waals surface area contributed by atoms with E-state index in [1.54, 1.807) is 6.07 Å². The standard InChI is InChI=1S/C17H16ClN5O2/c1-10-4-11(2)6-12(5-10)20-17(24)13-7-14(18)15(8-16(13)25-3)23-9-19-21-22-23/h4-9H,1-3H3,(H,20,24). The van der Waals surface area contributed by atoms with Gasteiger partial charge in [0.25, 0.3) is 5.91 Å². The van der Waals surface area contributed by atoms with Crippen LogP contribution in [0.3, 0.4) is 0 Å². The number of aryl methyl sites for hydroxylation is 2. The molecule has 128 valence electrons. The monoisotopic (exact) mass is 357 g/mol. The number of ether oxygens (including phenoxy) is 1. The number of amides is 1. The number of anilines is 1. The number of hydrogen-bond donors (Lipinski definition) is 1. The van der Waals surface area contributed by atoms with Gasteiger partial charge in [0.05, 0.1) is 23.4 Å². The Labute approximate surface area is 149 Å². The molecule has 7 nitrogen and oxygen atoms in total. The van der Waals surface area contributed by atoms with Gasteiger partial charge in [-0.3, -0.25) is 4.79 Å². The van der Waals surface area contributed by atoms with Crippen molar-refractivity contribution in [2.24, 2.45) is 0 Å². The van der Waals surface area contributed by atoms with Crippen molar-refractivity contribution in [1.82, 2.24) is 20.2 Å². The first kappa shape index (κ1) is 16.9. The molecular formula is C17H16ClN5O2. The summed E-state index contributed by atoms with van der Waals surface area (Å²) in [6, 6.07) is 8.99. The molecule has 2 aromatic carbocycles. The van der Waals surface area contributed by atoms with Gasteiger partial charge < -0.3 is 10.1 Å². The van der Waals surface area contributed by atoms with Gasteiger partial charge in [0.15, 0.2) is 0 Å². The molecule has 0 fully saturated rings. The van der Waals surface area contributed by atoms with Crippen LogP contribution in [0.4, 0.5) is 5.69 Å². The zero-order valence-electron chi connectivity index (χ0n) is 13.9. The molecule has 0 atom stereocenters. The van der Waals surface area contributed by atoms with Gasteiger partial charge in [-0.25, -0.2) is 0 Å². The fraction of sp³-hybridized carbons (Fsp3) is 0.176. The molecule has 3 rings (SSSR count). The molecule has 8 heteroatoms. The number of tetrazole rings is 1. The summed E-state index contributed by atoms with van der Waals surface area (Å²) in [5, 5.41) is 14.2. The Morgan fingerprint density at radius 1 is 1.16 bits per heavy atom. The van der Waals surface area contributed by atoms with E-state index in [-0.39, 0.29) is 5.91 Å². The average Bonchev–Trinajstić information content (AvgIpc) is 3.07. The van der Waals surface area contributed by atoms with Crippen molar-refractivity contribution in [2.75, 3.05) is 12.4 Å². The van der Waals surface area contributed by atoms with Gasteiger partial charge in [-0.1, -0.05) is 17.7 Å². The summed E-state index contributed by atoms with van der Waals surface area (Å²) in [6.45, 7) is 3.95. The van der Waals surface area contributed by atoms with Crippen LogP contribution >= 0.6 is 11.6 Å². The number of halogens is 1. The Balaban J connectivity index is 1.96. The van der Waals surface area contributed by atoms with E-state index in [0.29, 0.717) is 27.7 Å². The van der Waals surface area contributed by atoms with E-state index in [1.807, 2.05) is 32.0 Å². The maximum absolute atomic E-state index is 12.7. The number of hydrogen-bond acceptors (Lipinski definition) is 5. The van der Waals surface area contributed by atoms with Crippen molar-refractivity contribution in [3.63, 3.8) is 0 Å². The van der Waals surface area contributed by atoms with E-state index in [9.17, 15) is 4.79 Å². The fourth-order valence-corrected chi connectivity index (χ4v) is 2.83. The summed E-state index contributed by atoms with van der Waals surface area (Å²) in [4.78, 5) is 12.7. The van der Waals surface area contributed by atoms with Crippen LogP contribution in [0.1, 0.15) is 21.5 Å². The average molecular weight is 358 g/mol. The van der Waals surface area contributed by atoms with E-state index >= 15 is 0 Å². The molecule has 1 N–H and O–H groups in total. The maximum Gasteiger partial charge on any atom is 0.259 e. The van der Waals surface area contributed by atoms with Crippen molar-refractivity contribution in [1.29, 1.82) is 0 Å². The Morgan fingerprint density at radius 2 is 1.88 bits per heavy atom. The summed E-state index contributed by atoms with van der Waals surface area (Å²) in [7, 11) is 1.49. The van der Waals surface area contributed by atoms with Gasteiger partial charge in [-0.05, 0) is 53.6 Å². The molecule has 3 aromatic rings. The van der Waals surface area contributed by atoms with Crippen LogP contribution in [0, 0.1) is 13.8 Å². The summed E-state index contributed by atoms with van der Waals surface area (Å²) >= 11 is 6.30. The van der Waals surface area contributed by atoms with E-state index < -0.39 is 0 Å². The van der Waals surface area contributed by atoms with Crippen molar-refractivity contribution in [3.05, 3.63) is 58.4 Å². The highest BCUT2D eigenvalue weighted by molar-refractivity contribution is 6.33. The van der Waals surface area contributed by atoms with Crippen LogP contribution in [0.2, 0.25) is 5.02 Å². The molecule has 1 aromatic heterocycles. The first-order valence-corrected chi connectivity index (χ1v) is 7.86. The minimum Gasteiger partial charge on any atom is -0.496 e. The molecule has 1 heterocycles. The smallest absolute Gasteiger partial charge is 0.259 e. The first-order valence-electron chi connectivity index (χ1n) is 7.48. The quantitative estimate of drug-likeness (QED) is 0.775. The molecule has 0 radical (unpaired) electrons. The second-order valence-corrected chi connectivity index (χ2v) is 6.00. The molecule has 1 amide bonds. The zero-order chi connectivity index (χ0) is 18.0. The Bertz CT molecular complexity index is 905. The summed E-state index contributed by atoms with van der Waals surface area (Å²) in [5.41, 5.74) is 3.68. The van der Waals surface area contributed by atoms with Gasteiger partial charge in [0.2, 0.25) is 0 Å². The predicted octanol–water partition coefficient (Wildman–Crippen LogP) is 3.19. The van der Waals surface area contributed by atoms with Crippen molar-refractivity contribution in [3.8, 4) is 11.4 Å². The van der Waals surface area contributed by atoms with Crippen LogP contribution in [-0.4, -0.2) is 33.2 Å². The van der Waals surface area contributed by atoms with E-state index in [2.05, 4.69) is 20.8 Å². The topological polar surface area (TPSA) is 81.9 Å². The number of aromatic nitrogens is 4. The van der Waals surface area contributed by atoms with Gasteiger partial charge in [-0.2, -0.15) is 4.68 Å². The summed E-state index contributed by atoms with van der Waals surface area (Å²) in [5.74, 6) is 0.0591. The first-order chi connectivity index (χ1) is 12.0. The molecule has 0 bridgehead atoms. The summed E-state index contributed by atoms with van der Waals surface area (Å²) < 4.78 is 6.74. The normalized spacial score (nSPS) is 10.6. The van der Waals surface area contributed by atoms with E-state index in [1.165, 1.54) is 24.2 Å². The molecule has 0 aliphatic carbocycles. The number of nitrogens with one attached hydrogen (secondary N) is 1. The zero-order valence-corrected chi connectivity index (χ0v) is 14.7. The summed E-state index contributed by atoms with van der Waals surface area (Å²) in [6.07, 6.45) is 1.41. The van der Waals surface area contributed by atoms with Crippen LogP contribution in [0.5, 0.6) is 5.75 Å². The maximum atomic E-state index is 12.7. The molecule has 0 spiro atoms. The van der Waals surface area contributed by atoms with Crippen molar-refractivity contribution in [2.45, 2.75) is 13.8 Å². The Kier molecular flexibility index (Phi) is 4.67. The molecule has 0 aliphatic rings. The Hall–Kier alpha value is -2.93. The molecule has 0 unspecified atom stereocenters. The SMILES string of the molecule is COc1cc(-n2cnnn2)c(Cl)cc1C(=O)Nc1cc(C)cc(C)c1. The number of methoxy groups -OCH3 is 1. The third-order valence-corrected chi connectivity index (χ3v) is 3.89. The lowest BCUT2D eigenvalue weighted by atomic mass is 10.1. The predicted molar refractivity (Wildman–Crippen MR) is 94.6 cm³/mol.